The number of carbonyl (C=O) groups is 2. The lowest BCUT2D eigenvalue weighted by Gasteiger charge is -2.14. The highest BCUT2D eigenvalue weighted by atomic mass is 32.2. The molecule has 0 aromatic heterocycles. The third-order valence-electron chi connectivity index (χ3n) is 3.20. The third kappa shape index (κ3) is 3.52. The van der Waals surface area contributed by atoms with Gasteiger partial charge in [-0.25, -0.2) is 4.79 Å². The first-order valence-corrected chi connectivity index (χ1v) is 7.73. The van der Waals surface area contributed by atoms with Crippen molar-refractivity contribution in [2.75, 3.05) is 12.0 Å². The summed E-state index contributed by atoms with van der Waals surface area (Å²) in [6, 6.07) is 4.48. The molecular weight excluding hydrogens is 278 g/mol. The maximum Gasteiger partial charge on any atom is 0.326 e. The van der Waals surface area contributed by atoms with E-state index in [-0.39, 0.29) is 5.91 Å². The van der Waals surface area contributed by atoms with Gasteiger partial charge in [-0.2, -0.15) is 11.8 Å². The predicted octanol–water partition coefficient (Wildman–Crippen LogP) is 1.65. The van der Waals surface area contributed by atoms with E-state index < -0.39 is 12.0 Å². The minimum atomic E-state index is -1.00. The average molecular weight is 295 g/mol. The van der Waals surface area contributed by atoms with Crippen LogP contribution in [-0.4, -0.2) is 35.0 Å². The van der Waals surface area contributed by atoms with Gasteiger partial charge in [-0.3, -0.25) is 4.79 Å². The summed E-state index contributed by atoms with van der Waals surface area (Å²) in [5.41, 5.74) is 2.55. The summed E-state index contributed by atoms with van der Waals surface area (Å²) in [6.45, 7) is 1.08. The van der Waals surface area contributed by atoms with Crippen molar-refractivity contribution >= 4 is 23.6 Å². The molecule has 1 aliphatic heterocycles. The number of hydrogen-bond acceptors (Lipinski definition) is 4. The summed E-state index contributed by atoms with van der Waals surface area (Å²) in [7, 11) is 0. The smallest absolute Gasteiger partial charge is 0.326 e. The molecule has 1 amide bonds. The van der Waals surface area contributed by atoms with Crippen LogP contribution in [0, 0.1) is 0 Å². The van der Waals surface area contributed by atoms with Crippen molar-refractivity contribution in [1.29, 1.82) is 0 Å². The zero-order valence-corrected chi connectivity index (χ0v) is 12.0. The Kier molecular flexibility index (Phi) is 5.03. The molecule has 1 aliphatic rings. The number of carboxylic acid groups (broad SMARTS) is 1. The molecule has 108 valence electrons. The molecule has 6 heteroatoms. The number of amides is 1. The number of nitrogens with one attached hydrogen (secondary N) is 1. The van der Waals surface area contributed by atoms with Gasteiger partial charge in [-0.1, -0.05) is 6.07 Å². The fourth-order valence-corrected chi connectivity index (χ4v) is 2.52. The molecule has 1 unspecified atom stereocenters. The summed E-state index contributed by atoms with van der Waals surface area (Å²) >= 11 is 1.56. The fraction of sp³-hybridized carbons (Fsp3) is 0.429. The van der Waals surface area contributed by atoms with Gasteiger partial charge in [0.05, 0.1) is 13.2 Å². The van der Waals surface area contributed by atoms with Gasteiger partial charge in [0.2, 0.25) is 0 Å². The van der Waals surface area contributed by atoms with E-state index in [1.54, 1.807) is 23.9 Å². The van der Waals surface area contributed by atoms with Crippen molar-refractivity contribution in [2.24, 2.45) is 0 Å². The van der Waals surface area contributed by atoms with Gasteiger partial charge in [-0.05, 0) is 41.7 Å². The quantitative estimate of drug-likeness (QED) is 0.834. The number of rotatable bonds is 6. The standard InChI is InChI=1S/C14H17NO4S/c1-20-5-4-12(14(17)18)15-13(16)9-2-3-10-7-19-8-11(10)6-9/h2-3,6,12H,4-5,7-8H2,1H3,(H,15,16)(H,17,18). The molecule has 0 fully saturated rings. The van der Waals surface area contributed by atoms with Crippen LogP contribution in [0.1, 0.15) is 27.9 Å². The van der Waals surface area contributed by atoms with Crippen molar-refractivity contribution in [3.05, 3.63) is 34.9 Å². The summed E-state index contributed by atoms with van der Waals surface area (Å²) < 4.78 is 5.29. The molecule has 1 aromatic rings. The molecule has 20 heavy (non-hydrogen) atoms. The number of fused-ring (bicyclic) bond motifs is 1. The van der Waals surface area contributed by atoms with Crippen LogP contribution in [-0.2, 0) is 22.7 Å². The minimum Gasteiger partial charge on any atom is -0.480 e. The lowest BCUT2D eigenvalue weighted by molar-refractivity contribution is -0.139. The molecule has 0 spiro atoms. The van der Waals surface area contributed by atoms with Crippen molar-refractivity contribution in [3.63, 3.8) is 0 Å². The Morgan fingerprint density at radius 1 is 1.40 bits per heavy atom. The minimum absolute atomic E-state index is 0.354. The van der Waals surface area contributed by atoms with Crippen LogP contribution < -0.4 is 5.32 Å². The molecule has 1 atom stereocenters. The monoisotopic (exact) mass is 295 g/mol. The van der Waals surface area contributed by atoms with Crippen LogP contribution in [0.25, 0.3) is 0 Å². The zero-order valence-electron chi connectivity index (χ0n) is 11.2. The maximum absolute atomic E-state index is 12.1. The van der Waals surface area contributed by atoms with Gasteiger partial charge in [0.1, 0.15) is 6.04 Å². The maximum atomic E-state index is 12.1. The number of thioether (sulfide) groups is 1. The van der Waals surface area contributed by atoms with Gasteiger partial charge in [0.25, 0.3) is 5.91 Å². The molecule has 0 saturated carbocycles. The molecule has 1 aromatic carbocycles. The summed E-state index contributed by atoms with van der Waals surface area (Å²) in [5, 5.41) is 11.7. The van der Waals surface area contributed by atoms with Gasteiger partial charge >= 0.3 is 5.97 Å². The Hall–Kier alpha value is -1.53. The van der Waals surface area contributed by atoms with Crippen LogP contribution in [0.3, 0.4) is 0 Å². The highest BCUT2D eigenvalue weighted by Gasteiger charge is 2.21. The second-order valence-corrected chi connectivity index (χ2v) is 5.61. The number of hydrogen-bond donors (Lipinski definition) is 2. The fourth-order valence-electron chi connectivity index (χ4n) is 2.05. The van der Waals surface area contributed by atoms with E-state index in [0.29, 0.717) is 31.0 Å². The Morgan fingerprint density at radius 2 is 2.15 bits per heavy atom. The first-order valence-electron chi connectivity index (χ1n) is 6.34. The Labute approximate surface area is 121 Å². The summed E-state index contributed by atoms with van der Waals surface area (Å²) in [5.74, 6) is -0.667. The Balaban J connectivity index is 2.04. The van der Waals surface area contributed by atoms with Crippen molar-refractivity contribution in [1.82, 2.24) is 5.32 Å². The first-order chi connectivity index (χ1) is 9.61. The molecule has 5 nitrogen and oxygen atoms in total. The normalized spacial score (nSPS) is 14.7. The third-order valence-corrected chi connectivity index (χ3v) is 3.84. The van der Waals surface area contributed by atoms with Crippen molar-refractivity contribution in [2.45, 2.75) is 25.7 Å². The highest BCUT2D eigenvalue weighted by molar-refractivity contribution is 7.98. The topological polar surface area (TPSA) is 75.6 Å². The average Bonchev–Trinajstić information content (AvgIpc) is 2.90. The lowest BCUT2D eigenvalue weighted by Crippen LogP contribution is -2.41. The number of carbonyl (C=O) groups excluding carboxylic acids is 1. The van der Waals surface area contributed by atoms with Crippen LogP contribution in [0.2, 0.25) is 0 Å². The number of benzene rings is 1. The van der Waals surface area contributed by atoms with E-state index >= 15 is 0 Å². The van der Waals surface area contributed by atoms with E-state index in [4.69, 9.17) is 9.84 Å². The SMILES string of the molecule is CSCCC(NC(=O)c1ccc2c(c1)COC2)C(=O)O. The van der Waals surface area contributed by atoms with E-state index in [2.05, 4.69) is 5.32 Å². The molecule has 2 rings (SSSR count). The van der Waals surface area contributed by atoms with Crippen LogP contribution in [0.15, 0.2) is 18.2 Å². The number of aliphatic carboxylic acids is 1. The number of carboxylic acids is 1. The Bertz CT molecular complexity index is 518. The highest BCUT2D eigenvalue weighted by Crippen LogP contribution is 2.20. The van der Waals surface area contributed by atoms with E-state index in [0.717, 1.165) is 11.1 Å². The van der Waals surface area contributed by atoms with Gasteiger partial charge in [-0.15, -0.1) is 0 Å². The largest absolute Gasteiger partial charge is 0.480 e. The van der Waals surface area contributed by atoms with Gasteiger partial charge < -0.3 is 15.2 Å². The van der Waals surface area contributed by atoms with Crippen molar-refractivity contribution in [3.8, 4) is 0 Å². The zero-order chi connectivity index (χ0) is 14.5. The molecule has 0 aliphatic carbocycles. The summed E-state index contributed by atoms with van der Waals surface area (Å²) in [6.07, 6.45) is 2.32. The molecule has 0 bridgehead atoms. The van der Waals surface area contributed by atoms with Crippen LogP contribution in [0.4, 0.5) is 0 Å². The van der Waals surface area contributed by atoms with E-state index in [1.165, 1.54) is 0 Å². The second-order valence-electron chi connectivity index (χ2n) is 4.62. The van der Waals surface area contributed by atoms with Crippen LogP contribution >= 0.6 is 11.8 Å². The first kappa shape index (κ1) is 14.9. The van der Waals surface area contributed by atoms with Gasteiger partial charge in [0.15, 0.2) is 0 Å². The van der Waals surface area contributed by atoms with Crippen LogP contribution in [0.5, 0.6) is 0 Å². The lowest BCUT2D eigenvalue weighted by atomic mass is 10.1. The second kappa shape index (κ2) is 6.76. The van der Waals surface area contributed by atoms with Gasteiger partial charge in [0, 0.05) is 5.56 Å². The van der Waals surface area contributed by atoms with E-state index in [9.17, 15) is 9.59 Å². The molecular formula is C14H17NO4S. The molecule has 2 N–H and O–H groups in total. The van der Waals surface area contributed by atoms with E-state index in [1.807, 2.05) is 12.3 Å². The van der Waals surface area contributed by atoms with Crippen molar-refractivity contribution < 1.29 is 19.4 Å². The molecule has 0 saturated heterocycles. The predicted molar refractivity (Wildman–Crippen MR) is 76.8 cm³/mol. The molecule has 1 heterocycles. The summed E-state index contributed by atoms with van der Waals surface area (Å²) in [4.78, 5) is 23.2. The Morgan fingerprint density at radius 3 is 2.85 bits per heavy atom. The number of ether oxygens (including phenoxy) is 1. The molecule has 0 radical (unpaired) electrons.